The van der Waals surface area contributed by atoms with E-state index in [1.807, 2.05) is 13.8 Å². The molecule has 1 aliphatic rings. The molecule has 0 spiro atoms. The molecule has 4 N–H and O–H groups in total. The van der Waals surface area contributed by atoms with E-state index in [2.05, 4.69) is 0 Å². The lowest BCUT2D eigenvalue weighted by atomic mass is 9.91. The number of amides is 1. The number of phenolic OH excluding ortho intramolecular Hbond substituents is 4. The predicted molar refractivity (Wildman–Crippen MR) is 158 cm³/mol. The summed E-state index contributed by atoms with van der Waals surface area (Å²) in [6.45, 7) is 8.12. The first-order chi connectivity index (χ1) is 20.8. The maximum Gasteiger partial charge on any atom is 0.410 e. The Bertz CT molecular complexity index is 1280. The van der Waals surface area contributed by atoms with Crippen molar-refractivity contribution >= 4 is 18.0 Å². The van der Waals surface area contributed by atoms with Crippen molar-refractivity contribution in [1.82, 2.24) is 4.90 Å². The van der Waals surface area contributed by atoms with Gasteiger partial charge in [-0.1, -0.05) is 26.7 Å². The quantitative estimate of drug-likeness (QED) is 0.175. The van der Waals surface area contributed by atoms with Crippen molar-refractivity contribution in [3.05, 3.63) is 23.3 Å². The number of nitrogens with zero attached hydrogens (tertiary/aromatic N) is 1. The molecule has 2 aromatic rings. The Morgan fingerprint density at radius 2 is 1.20 bits per heavy atom. The number of aromatic hydroxyl groups is 4. The highest BCUT2D eigenvalue weighted by atomic mass is 16.6. The molecule has 0 bridgehead atoms. The van der Waals surface area contributed by atoms with Crippen molar-refractivity contribution in [3.8, 4) is 45.6 Å². The molecule has 1 amide bonds. The van der Waals surface area contributed by atoms with E-state index in [9.17, 15) is 34.8 Å². The van der Waals surface area contributed by atoms with Gasteiger partial charge in [0, 0.05) is 11.1 Å². The van der Waals surface area contributed by atoms with Crippen LogP contribution in [0.2, 0.25) is 0 Å². The van der Waals surface area contributed by atoms with E-state index in [1.165, 1.54) is 4.90 Å². The number of benzene rings is 2. The third-order valence-corrected chi connectivity index (χ3v) is 6.49. The SMILES string of the molecule is CCCCOc1c(O)cc2c(c1O)-c1c(cc(O)c(OCCCC)c1O)C(=O)OCCN(C(=O)OC(C)(C)C)CCOC2=O. The van der Waals surface area contributed by atoms with E-state index < -0.39 is 80.4 Å². The molecule has 13 nitrogen and oxygen atoms in total. The Balaban J connectivity index is 2.25. The lowest BCUT2D eigenvalue weighted by molar-refractivity contribution is 0.0100. The third kappa shape index (κ3) is 8.08. The van der Waals surface area contributed by atoms with Gasteiger partial charge in [0.2, 0.25) is 11.5 Å². The molecule has 0 saturated carbocycles. The molecule has 242 valence electrons. The number of hydrogen-bond donors (Lipinski definition) is 4. The molecule has 0 radical (unpaired) electrons. The zero-order chi connectivity index (χ0) is 32.6. The van der Waals surface area contributed by atoms with Crippen molar-refractivity contribution in [2.24, 2.45) is 0 Å². The van der Waals surface area contributed by atoms with Gasteiger partial charge >= 0.3 is 18.0 Å². The average Bonchev–Trinajstić information content (AvgIpc) is 2.95. The number of carbonyl (C=O) groups is 3. The van der Waals surface area contributed by atoms with Gasteiger partial charge in [-0.25, -0.2) is 14.4 Å². The third-order valence-electron chi connectivity index (χ3n) is 6.49. The molecule has 13 heteroatoms. The van der Waals surface area contributed by atoms with Crippen LogP contribution in [0.5, 0.6) is 34.5 Å². The summed E-state index contributed by atoms with van der Waals surface area (Å²) in [6, 6.07) is 1.95. The Hall–Kier alpha value is -4.55. The highest BCUT2D eigenvalue weighted by Crippen LogP contribution is 2.53. The van der Waals surface area contributed by atoms with Gasteiger partial charge < -0.3 is 49.0 Å². The summed E-state index contributed by atoms with van der Waals surface area (Å²) in [5.74, 6) is -5.66. The summed E-state index contributed by atoms with van der Waals surface area (Å²) in [5, 5.41) is 44.3. The molecule has 0 aliphatic carbocycles. The maximum absolute atomic E-state index is 13.5. The highest BCUT2D eigenvalue weighted by molar-refractivity contribution is 6.08. The lowest BCUT2D eigenvalue weighted by Gasteiger charge is -2.27. The average molecular weight is 620 g/mol. The monoisotopic (exact) mass is 619 g/mol. The van der Waals surface area contributed by atoms with Crippen LogP contribution >= 0.6 is 0 Å². The number of fused-ring (bicyclic) bond motifs is 3. The minimum Gasteiger partial charge on any atom is -0.504 e. The molecule has 0 fully saturated rings. The van der Waals surface area contributed by atoms with E-state index >= 15 is 0 Å². The maximum atomic E-state index is 13.5. The number of rotatable bonds is 8. The first-order valence-corrected chi connectivity index (χ1v) is 14.6. The van der Waals surface area contributed by atoms with Crippen LogP contribution < -0.4 is 9.47 Å². The van der Waals surface area contributed by atoms with E-state index in [4.69, 9.17) is 23.7 Å². The molecule has 2 aromatic carbocycles. The summed E-state index contributed by atoms with van der Waals surface area (Å²) < 4.78 is 27.5. The summed E-state index contributed by atoms with van der Waals surface area (Å²) in [5.41, 5.74) is -2.57. The summed E-state index contributed by atoms with van der Waals surface area (Å²) in [6.07, 6.45) is 1.89. The number of esters is 2. The van der Waals surface area contributed by atoms with Crippen LogP contribution in [0.4, 0.5) is 4.79 Å². The van der Waals surface area contributed by atoms with Crippen molar-refractivity contribution in [1.29, 1.82) is 0 Å². The fraction of sp³-hybridized carbons (Fsp3) is 0.516. The van der Waals surface area contributed by atoms with Crippen molar-refractivity contribution < 1.29 is 58.5 Å². The standard InChI is InChI=1S/C31H41NO12/c1-6-8-12-40-26-20(33)16-18-22(24(26)35)23-19(17-21(34)27(25(23)36)41-13-9-7-2)29(38)43-15-11-32(10-14-42-28(18)37)30(39)44-31(3,4)5/h16-17,33-36H,6-15H2,1-5H3. The number of cyclic esters (lactones) is 2. The summed E-state index contributed by atoms with van der Waals surface area (Å²) in [4.78, 5) is 40.9. The number of carbonyl (C=O) groups excluding carboxylic acids is 3. The van der Waals surface area contributed by atoms with E-state index in [1.54, 1.807) is 20.8 Å². The van der Waals surface area contributed by atoms with Crippen LogP contribution in [-0.4, -0.2) is 88.5 Å². The van der Waals surface area contributed by atoms with Crippen molar-refractivity contribution in [2.75, 3.05) is 39.5 Å². The molecule has 44 heavy (non-hydrogen) atoms. The fourth-order valence-electron chi connectivity index (χ4n) is 4.30. The fourth-order valence-corrected chi connectivity index (χ4v) is 4.30. The minimum absolute atomic E-state index is 0.100. The molecule has 0 atom stereocenters. The predicted octanol–water partition coefficient (Wildman–Crippen LogP) is 5.10. The van der Waals surface area contributed by atoms with Gasteiger partial charge in [-0.15, -0.1) is 0 Å². The zero-order valence-corrected chi connectivity index (χ0v) is 25.7. The summed E-state index contributed by atoms with van der Waals surface area (Å²) >= 11 is 0. The van der Waals surface area contributed by atoms with Crippen LogP contribution in [0.25, 0.3) is 11.1 Å². The highest BCUT2D eigenvalue weighted by Gasteiger charge is 2.34. The van der Waals surface area contributed by atoms with Crippen LogP contribution in [-0.2, 0) is 14.2 Å². The smallest absolute Gasteiger partial charge is 0.410 e. The molecule has 0 aromatic heterocycles. The van der Waals surface area contributed by atoms with Crippen molar-refractivity contribution in [3.63, 3.8) is 0 Å². The molecule has 1 aliphatic heterocycles. The van der Waals surface area contributed by atoms with Gasteiger partial charge in [0.25, 0.3) is 0 Å². The second kappa shape index (κ2) is 14.8. The largest absolute Gasteiger partial charge is 0.504 e. The van der Waals surface area contributed by atoms with E-state index in [-0.39, 0.29) is 39.5 Å². The van der Waals surface area contributed by atoms with Crippen LogP contribution in [0, 0.1) is 0 Å². The summed E-state index contributed by atoms with van der Waals surface area (Å²) in [7, 11) is 0. The Labute approximate surface area is 255 Å². The van der Waals surface area contributed by atoms with Gasteiger partial charge in [-0.3, -0.25) is 0 Å². The van der Waals surface area contributed by atoms with Crippen LogP contribution in [0.1, 0.15) is 81.0 Å². The van der Waals surface area contributed by atoms with Crippen LogP contribution in [0.3, 0.4) is 0 Å². The molecule has 0 unspecified atom stereocenters. The minimum atomic E-state index is -1.06. The van der Waals surface area contributed by atoms with Crippen molar-refractivity contribution in [2.45, 2.75) is 65.9 Å². The van der Waals surface area contributed by atoms with Gasteiger partial charge in [-0.05, 0) is 45.7 Å². The second-order valence-electron chi connectivity index (χ2n) is 11.1. The number of phenols is 4. The normalized spacial score (nSPS) is 14.2. The molecular formula is C31H41NO12. The van der Waals surface area contributed by atoms with E-state index in [0.29, 0.717) is 12.8 Å². The number of hydrogen-bond acceptors (Lipinski definition) is 12. The number of ether oxygens (including phenoxy) is 5. The lowest BCUT2D eigenvalue weighted by Crippen LogP contribution is -2.41. The van der Waals surface area contributed by atoms with Crippen LogP contribution in [0.15, 0.2) is 12.1 Å². The topological polar surface area (TPSA) is 182 Å². The van der Waals surface area contributed by atoms with E-state index in [0.717, 1.165) is 25.0 Å². The second-order valence-corrected chi connectivity index (χ2v) is 11.1. The first kappa shape index (κ1) is 33.9. The zero-order valence-electron chi connectivity index (χ0n) is 25.7. The van der Waals surface area contributed by atoms with Gasteiger partial charge in [0.05, 0.1) is 37.4 Å². The van der Waals surface area contributed by atoms with Gasteiger partial charge in [0.1, 0.15) is 18.8 Å². The number of unbranched alkanes of at least 4 members (excludes halogenated alkanes) is 2. The Kier molecular flexibility index (Phi) is 11.4. The molecular weight excluding hydrogens is 578 g/mol. The first-order valence-electron chi connectivity index (χ1n) is 14.6. The Morgan fingerprint density at radius 3 is 1.57 bits per heavy atom. The van der Waals surface area contributed by atoms with Gasteiger partial charge in [-0.2, -0.15) is 0 Å². The molecule has 0 saturated heterocycles. The molecule has 1 heterocycles. The van der Waals surface area contributed by atoms with Gasteiger partial charge in [0.15, 0.2) is 23.0 Å². The molecule has 3 rings (SSSR count). The Morgan fingerprint density at radius 1 is 0.795 bits per heavy atom.